The lowest BCUT2D eigenvalue weighted by molar-refractivity contribution is 0.656. The van der Waals surface area contributed by atoms with Gasteiger partial charge in [-0.25, -0.2) is 4.85 Å². The van der Waals surface area contributed by atoms with E-state index >= 15 is 0 Å². The van der Waals surface area contributed by atoms with Crippen molar-refractivity contribution in [3.8, 4) is 33.6 Å². The van der Waals surface area contributed by atoms with Crippen LogP contribution in [0.15, 0.2) is 152 Å². The van der Waals surface area contributed by atoms with E-state index in [0.29, 0.717) is 5.69 Å². The second-order valence-electron chi connectivity index (χ2n) is 13.7. The number of hydrogen-bond acceptors (Lipinski definition) is 0. The van der Waals surface area contributed by atoms with Gasteiger partial charge in [0.2, 0.25) is 0 Å². The number of fused-ring (bicyclic) bond motifs is 9. The Labute approximate surface area is 284 Å². The lowest BCUT2D eigenvalue weighted by Crippen LogP contribution is -2.17. The third kappa shape index (κ3) is 3.83. The molecule has 0 spiro atoms. The van der Waals surface area contributed by atoms with Crippen LogP contribution in [0, 0.1) is 6.57 Å². The summed E-state index contributed by atoms with van der Waals surface area (Å²) in [5.41, 5.74) is 15.3. The normalized spacial score (nSPS) is 13.2. The molecule has 0 atom stereocenters. The first-order valence-electron chi connectivity index (χ1n) is 16.8. The number of hydrogen-bond donors (Lipinski definition) is 0. The van der Waals surface area contributed by atoms with E-state index < -0.39 is 0 Å². The number of para-hydroxylation sites is 2. The smallest absolute Gasteiger partial charge is 0.189 e. The second kappa shape index (κ2) is 10.1. The molecule has 0 amide bonds. The zero-order valence-electron chi connectivity index (χ0n) is 27.3. The van der Waals surface area contributed by atoms with Gasteiger partial charge in [0.25, 0.3) is 0 Å². The van der Waals surface area contributed by atoms with E-state index in [1.54, 1.807) is 0 Å². The Morgan fingerprint density at radius 3 is 1.78 bits per heavy atom. The predicted octanol–water partition coefficient (Wildman–Crippen LogP) is 12.4. The molecule has 1 aliphatic carbocycles. The lowest BCUT2D eigenvalue weighted by atomic mass is 9.81. The molecule has 3 heteroatoms. The van der Waals surface area contributed by atoms with E-state index in [4.69, 9.17) is 6.57 Å². The van der Waals surface area contributed by atoms with Crippen molar-refractivity contribution in [2.75, 3.05) is 0 Å². The Kier molecular flexibility index (Phi) is 5.69. The number of benzene rings is 7. The van der Waals surface area contributed by atoms with Gasteiger partial charge in [-0.3, -0.25) is 0 Å². The molecule has 10 rings (SSSR count). The number of rotatable bonds is 3. The van der Waals surface area contributed by atoms with E-state index in [9.17, 15) is 0 Å². The largest absolute Gasteiger partial charge is 0.311 e. The van der Waals surface area contributed by atoms with Crippen LogP contribution in [-0.2, 0) is 5.41 Å². The molecule has 0 radical (unpaired) electrons. The highest BCUT2D eigenvalue weighted by Gasteiger charge is 2.38. The summed E-state index contributed by atoms with van der Waals surface area (Å²) in [5.74, 6) is 0. The molecule has 2 heterocycles. The van der Waals surface area contributed by atoms with Crippen LogP contribution in [-0.4, -0.2) is 9.13 Å². The van der Waals surface area contributed by atoms with Gasteiger partial charge >= 0.3 is 0 Å². The van der Waals surface area contributed by atoms with Gasteiger partial charge in [0, 0.05) is 32.6 Å². The van der Waals surface area contributed by atoms with E-state index in [1.165, 1.54) is 71.6 Å². The molecule has 2 aromatic heterocycles. The summed E-state index contributed by atoms with van der Waals surface area (Å²) in [6.07, 6.45) is 0. The van der Waals surface area contributed by atoms with Crippen molar-refractivity contribution in [2.45, 2.75) is 19.3 Å². The first kappa shape index (κ1) is 27.7. The average molecular weight is 626 g/mol. The topological polar surface area (TPSA) is 14.2 Å². The summed E-state index contributed by atoms with van der Waals surface area (Å²) in [7, 11) is 0. The highest BCUT2D eigenvalue weighted by molar-refractivity contribution is 6.13. The van der Waals surface area contributed by atoms with Gasteiger partial charge in [-0.05, 0) is 88.0 Å². The third-order valence-corrected chi connectivity index (χ3v) is 10.7. The summed E-state index contributed by atoms with van der Waals surface area (Å²) in [6, 6.07) is 54.7. The van der Waals surface area contributed by atoms with Crippen molar-refractivity contribution >= 4 is 49.3 Å². The van der Waals surface area contributed by atoms with E-state index in [1.807, 2.05) is 18.2 Å². The third-order valence-electron chi connectivity index (χ3n) is 10.7. The maximum Gasteiger partial charge on any atom is 0.189 e. The fourth-order valence-electron chi connectivity index (χ4n) is 8.55. The minimum absolute atomic E-state index is 0.119. The molecule has 0 saturated carbocycles. The number of aromatic nitrogens is 2. The fraction of sp³-hybridized carbons (Fsp3) is 0.0652. The van der Waals surface area contributed by atoms with Crippen molar-refractivity contribution in [1.82, 2.24) is 9.13 Å². The summed E-state index contributed by atoms with van der Waals surface area (Å²) in [6.45, 7) is 12.3. The average Bonchev–Trinajstić information content (AvgIpc) is 3.74. The Bertz CT molecular complexity index is 2870. The minimum atomic E-state index is -0.119. The molecule has 0 bridgehead atoms. The summed E-state index contributed by atoms with van der Waals surface area (Å²) < 4.78 is 4.76. The highest BCUT2D eigenvalue weighted by atomic mass is 15.0. The molecular weight excluding hydrogens is 595 g/mol. The van der Waals surface area contributed by atoms with Crippen LogP contribution in [0.2, 0.25) is 0 Å². The van der Waals surface area contributed by atoms with Gasteiger partial charge in [-0.15, -0.1) is 0 Å². The van der Waals surface area contributed by atoms with E-state index in [-0.39, 0.29) is 5.41 Å². The first-order valence-corrected chi connectivity index (χ1v) is 16.8. The van der Waals surface area contributed by atoms with Crippen molar-refractivity contribution in [2.24, 2.45) is 0 Å². The molecule has 230 valence electrons. The van der Waals surface area contributed by atoms with Gasteiger partial charge < -0.3 is 9.13 Å². The molecule has 0 N–H and O–H groups in total. The Balaban J connectivity index is 1.18. The maximum atomic E-state index is 7.56. The zero-order valence-corrected chi connectivity index (χ0v) is 27.3. The zero-order chi connectivity index (χ0) is 32.9. The van der Waals surface area contributed by atoms with E-state index in [0.717, 1.165) is 16.7 Å². The SMILES string of the molecule is [C-]#[N+]c1cccc(-n2c3ccccc3c3cc(-c4ccc5c(c4)c4ccccc4n5-c4cccc5c4C(C)(C)c4ccccc4-5)ccc32)c1. The minimum Gasteiger partial charge on any atom is -0.311 e. The van der Waals surface area contributed by atoms with Crippen LogP contribution >= 0.6 is 0 Å². The van der Waals surface area contributed by atoms with Crippen LogP contribution in [0.25, 0.3) is 82.1 Å². The van der Waals surface area contributed by atoms with Crippen LogP contribution in [0.5, 0.6) is 0 Å². The van der Waals surface area contributed by atoms with Crippen LogP contribution < -0.4 is 0 Å². The van der Waals surface area contributed by atoms with E-state index in [2.05, 4.69) is 161 Å². The molecule has 1 aliphatic rings. The van der Waals surface area contributed by atoms with Crippen molar-refractivity contribution in [1.29, 1.82) is 0 Å². The van der Waals surface area contributed by atoms with Gasteiger partial charge in [0.15, 0.2) is 5.69 Å². The molecule has 0 fully saturated rings. The van der Waals surface area contributed by atoms with Crippen molar-refractivity contribution in [3.05, 3.63) is 174 Å². The Morgan fingerprint density at radius 2 is 1.06 bits per heavy atom. The predicted molar refractivity (Wildman–Crippen MR) is 204 cm³/mol. The second-order valence-corrected chi connectivity index (χ2v) is 13.7. The quantitative estimate of drug-likeness (QED) is 0.174. The van der Waals surface area contributed by atoms with Crippen LogP contribution in [0.4, 0.5) is 5.69 Å². The molecule has 7 aromatic carbocycles. The Morgan fingerprint density at radius 1 is 0.490 bits per heavy atom. The number of nitrogens with zero attached hydrogens (tertiary/aromatic N) is 3. The van der Waals surface area contributed by atoms with Gasteiger partial charge in [0.05, 0.1) is 34.3 Å². The molecule has 0 aliphatic heterocycles. The fourth-order valence-corrected chi connectivity index (χ4v) is 8.55. The monoisotopic (exact) mass is 625 g/mol. The molecule has 0 saturated heterocycles. The standard InChI is InChI=1S/C46H31N3/c1-46(2)39-18-7-4-14-33(39)36-17-11-21-44(45(36)46)49-41-20-9-6-16-35(41)38-27-30(23-25-43(38)49)29-22-24-42-37(26-29)34-15-5-8-19-40(34)48(42)32-13-10-12-31(28-32)47-3/h4-28H,1-2H3. The summed E-state index contributed by atoms with van der Waals surface area (Å²) in [5, 5.41) is 4.90. The van der Waals surface area contributed by atoms with Gasteiger partial charge in [-0.1, -0.05) is 111 Å². The van der Waals surface area contributed by atoms with Crippen LogP contribution in [0.3, 0.4) is 0 Å². The summed E-state index contributed by atoms with van der Waals surface area (Å²) in [4.78, 5) is 3.69. The summed E-state index contributed by atoms with van der Waals surface area (Å²) >= 11 is 0. The van der Waals surface area contributed by atoms with Gasteiger partial charge in [0.1, 0.15) is 0 Å². The van der Waals surface area contributed by atoms with Gasteiger partial charge in [-0.2, -0.15) is 0 Å². The molecule has 9 aromatic rings. The molecule has 3 nitrogen and oxygen atoms in total. The van der Waals surface area contributed by atoms with Crippen molar-refractivity contribution in [3.63, 3.8) is 0 Å². The first-order chi connectivity index (χ1) is 24.0. The maximum absolute atomic E-state index is 7.56. The Hall–Kier alpha value is -6.37. The molecule has 49 heavy (non-hydrogen) atoms. The molecular formula is C46H31N3. The van der Waals surface area contributed by atoms with Crippen LogP contribution in [0.1, 0.15) is 25.0 Å². The lowest BCUT2D eigenvalue weighted by Gasteiger charge is -2.25. The highest BCUT2D eigenvalue weighted by Crippen LogP contribution is 2.51. The molecule has 0 unspecified atom stereocenters. The van der Waals surface area contributed by atoms with Crippen molar-refractivity contribution < 1.29 is 0 Å².